The zero-order valence-corrected chi connectivity index (χ0v) is 14.9. The first-order valence-corrected chi connectivity index (χ1v) is 8.27. The Labute approximate surface area is 154 Å². The van der Waals surface area contributed by atoms with Gasteiger partial charge in [-0.3, -0.25) is 9.79 Å². The normalized spacial score (nSPS) is 13.7. The molecule has 26 heavy (non-hydrogen) atoms. The number of furan rings is 1. The fourth-order valence-electron chi connectivity index (χ4n) is 2.97. The molecule has 1 amide bonds. The maximum absolute atomic E-state index is 12.2. The molecule has 1 aromatic heterocycles. The topological polar surface area (TPSA) is 73.1 Å². The summed E-state index contributed by atoms with van der Waals surface area (Å²) >= 11 is 6.11. The van der Waals surface area contributed by atoms with Gasteiger partial charge in [-0.1, -0.05) is 11.6 Å². The van der Waals surface area contributed by atoms with E-state index in [4.69, 9.17) is 25.5 Å². The monoisotopic (exact) mass is 370 g/mol. The van der Waals surface area contributed by atoms with E-state index in [1.54, 1.807) is 50.6 Å². The van der Waals surface area contributed by atoms with Crippen LogP contribution < -0.4 is 14.8 Å². The second kappa shape index (κ2) is 6.38. The lowest BCUT2D eigenvalue weighted by molar-refractivity contribution is -0.114. The Balaban J connectivity index is 1.99. The molecule has 0 atom stereocenters. The minimum absolute atomic E-state index is 0.0258. The molecule has 2 heterocycles. The summed E-state index contributed by atoms with van der Waals surface area (Å²) < 4.78 is 16.8. The van der Waals surface area contributed by atoms with Crippen molar-refractivity contribution in [3.8, 4) is 11.5 Å². The van der Waals surface area contributed by atoms with E-state index in [0.29, 0.717) is 44.8 Å². The highest BCUT2D eigenvalue weighted by Crippen LogP contribution is 2.37. The van der Waals surface area contributed by atoms with Crippen molar-refractivity contribution in [2.45, 2.75) is 0 Å². The number of benzene rings is 2. The predicted molar refractivity (Wildman–Crippen MR) is 99.9 cm³/mol. The third-order valence-corrected chi connectivity index (χ3v) is 4.41. The molecule has 1 aliphatic rings. The van der Waals surface area contributed by atoms with Crippen LogP contribution in [0, 0.1) is 0 Å². The number of carbonyl (C=O) groups is 1. The molecule has 2 aromatic carbocycles. The van der Waals surface area contributed by atoms with Gasteiger partial charge in [0.15, 0.2) is 5.76 Å². The minimum atomic E-state index is -0.231. The molecule has 132 valence electrons. The number of anilines is 1. The molecule has 3 aromatic rings. The van der Waals surface area contributed by atoms with Crippen molar-refractivity contribution in [2.24, 2.45) is 4.99 Å². The van der Waals surface area contributed by atoms with Crippen molar-refractivity contribution < 1.29 is 18.7 Å². The van der Waals surface area contributed by atoms with Gasteiger partial charge in [-0.15, -0.1) is 0 Å². The van der Waals surface area contributed by atoms with Gasteiger partial charge >= 0.3 is 0 Å². The summed E-state index contributed by atoms with van der Waals surface area (Å²) in [5, 5.41) is 4.13. The quantitative estimate of drug-likeness (QED) is 0.759. The van der Waals surface area contributed by atoms with Crippen molar-refractivity contribution in [1.29, 1.82) is 0 Å². The Morgan fingerprint density at radius 3 is 2.77 bits per heavy atom. The van der Waals surface area contributed by atoms with Gasteiger partial charge in [0.05, 0.1) is 19.9 Å². The highest BCUT2D eigenvalue weighted by atomic mass is 35.5. The van der Waals surface area contributed by atoms with Crippen LogP contribution >= 0.6 is 11.6 Å². The van der Waals surface area contributed by atoms with Crippen molar-refractivity contribution >= 4 is 39.9 Å². The number of amides is 1. The maximum atomic E-state index is 12.2. The molecule has 0 unspecified atom stereocenters. The minimum Gasteiger partial charge on any atom is -0.497 e. The zero-order chi connectivity index (χ0) is 18.3. The number of rotatable bonds is 3. The fraction of sp³-hybridized carbons (Fsp3) is 0.158. The number of halogens is 1. The first-order chi connectivity index (χ1) is 12.6. The van der Waals surface area contributed by atoms with Gasteiger partial charge in [-0.2, -0.15) is 0 Å². The van der Waals surface area contributed by atoms with E-state index >= 15 is 0 Å². The van der Waals surface area contributed by atoms with Crippen LogP contribution in [0.15, 0.2) is 45.8 Å². The smallest absolute Gasteiger partial charge is 0.246 e. The van der Waals surface area contributed by atoms with Gasteiger partial charge in [0.2, 0.25) is 5.91 Å². The van der Waals surface area contributed by atoms with Crippen LogP contribution in [-0.4, -0.2) is 32.4 Å². The Bertz CT molecular complexity index is 1060. The second-order valence-electron chi connectivity index (χ2n) is 5.73. The second-order valence-corrected chi connectivity index (χ2v) is 6.16. The molecule has 0 spiro atoms. The fourth-order valence-corrected chi connectivity index (χ4v) is 3.14. The number of ether oxygens (including phenoxy) is 2. The molecule has 0 saturated heterocycles. The van der Waals surface area contributed by atoms with Crippen molar-refractivity contribution in [3.63, 3.8) is 0 Å². The van der Waals surface area contributed by atoms with E-state index in [9.17, 15) is 4.79 Å². The maximum Gasteiger partial charge on any atom is 0.246 e. The summed E-state index contributed by atoms with van der Waals surface area (Å²) in [6, 6.07) is 10.6. The summed E-state index contributed by atoms with van der Waals surface area (Å²) in [5.74, 6) is 1.47. The summed E-state index contributed by atoms with van der Waals surface area (Å²) in [5.41, 5.74) is 2.35. The van der Waals surface area contributed by atoms with Crippen LogP contribution in [0.3, 0.4) is 0 Å². The van der Waals surface area contributed by atoms with Crippen molar-refractivity contribution in [2.75, 3.05) is 26.1 Å². The van der Waals surface area contributed by atoms with Crippen molar-refractivity contribution in [3.05, 3.63) is 52.7 Å². The lowest BCUT2D eigenvalue weighted by Gasteiger charge is -2.11. The van der Waals surface area contributed by atoms with E-state index in [2.05, 4.69) is 10.3 Å². The molecule has 1 aliphatic heterocycles. The molecular formula is C19H15ClN2O4. The van der Waals surface area contributed by atoms with E-state index in [1.807, 2.05) is 0 Å². The van der Waals surface area contributed by atoms with Gasteiger partial charge in [0.1, 0.15) is 29.3 Å². The molecule has 0 saturated carbocycles. The van der Waals surface area contributed by atoms with E-state index in [1.165, 1.54) is 0 Å². The number of carbonyl (C=O) groups excluding carboxylic acids is 1. The van der Waals surface area contributed by atoms with E-state index < -0.39 is 0 Å². The summed E-state index contributed by atoms with van der Waals surface area (Å²) in [4.78, 5) is 16.6. The Morgan fingerprint density at radius 1 is 1.15 bits per heavy atom. The standard InChI is InChI=1S/C19H15ClN2O4/c1-24-11-4-6-14(25-2)13(8-11)17-19-18(22-16(23)9-21-17)12-7-10(20)3-5-15(12)26-19/h3-8H,9H2,1-2H3,(H,22,23). The average molecular weight is 371 g/mol. The summed E-state index contributed by atoms with van der Waals surface area (Å²) in [6.45, 7) is -0.0258. The summed E-state index contributed by atoms with van der Waals surface area (Å²) in [6.07, 6.45) is 0. The highest BCUT2D eigenvalue weighted by molar-refractivity contribution is 6.32. The van der Waals surface area contributed by atoms with Gasteiger partial charge < -0.3 is 19.2 Å². The van der Waals surface area contributed by atoms with E-state index in [-0.39, 0.29) is 12.5 Å². The van der Waals surface area contributed by atoms with Crippen LogP contribution in [-0.2, 0) is 4.79 Å². The van der Waals surface area contributed by atoms with Gasteiger partial charge in [0, 0.05) is 16.0 Å². The molecule has 0 fully saturated rings. The van der Waals surface area contributed by atoms with Crippen molar-refractivity contribution in [1.82, 2.24) is 0 Å². The first-order valence-electron chi connectivity index (χ1n) is 7.90. The lowest BCUT2D eigenvalue weighted by Crippen LogP contribution is -2.13. The van der Waals surface area contributed by atoms with Gasteiger partial charge in [-0.05, 0) is 36.4 Å². The third-order valence-electron chi connectivity index (χ3n) is 4.17. The first kappa shape index (κ1) is 16.5. The Kier molecular flexibility index (Phi) is 4.05. The number of methoxy groups -OCH3 is 2. The van der Waals surface area contributed by atoms with Gasteiger partial charge in [0.25, 0.3) is 0 Å². The molecule has 0 bridgehead atoms. The number of hydrogen-bond donors (Lipinski definition) is 1. The molecular weight excluding hydrogens is 356 g/mol. The highest BCUT2D eigenvalue weighted by Gasteiger charge is 2.27. The zero-order valence-electron chi connectivity index (χ0n) is 14.1. The lowest BCUT2D eigenvalue weighted by atomic mass is 10.0. The molecule has 6 nitrogen and oxygen atoms in total. The average Bonchev–Trinajstić information content (AvgIpc) is 2.90. The molecule has 7 heteroatoms. The van der Waals surface area contributed by atoms with Gasteiger partial charge in [-0.25, -0.2) is 0 Å². The number of fused-ring (bicyclic) bond motifs is 3. The van der Waals surface area contributed by atoms with Crippen LogP contribution in [0.1, 0.15) is 11.3 Å². The van der Waals surface area contributed by atoms with Crippen LogP contribution in [0.25, 0.3) is 11.0 Å². The van der Waals surface area contributed by atoms with Crippen LogP contribution in [0.2, 0.25) is 5.02 Å². The van der Waals surface area contributed by atoms with Crippen LogP contribution in [0.5, 0.6) is 11.5 Å². The molecule has 0 radical (unpaired) electrons. The Morgan fingerprint density at radius 2 is 2.00 bits per heavy atom. The molecule has 1 N–H and O–H groups in total. The number of hydrogen-bond acceptors (Lipinski definition) is 5. The molecule has 4 rings (SSSR count). The number of aliphatic imine (C=N–C) groups is 1. The SMILES string of the molecule is COc1ccc(OC)c(C2=NCC(=O)Nc3c2oc2ccc(Cl)cc32)c1. The number of nitrogens with one attached hydrogen (secondary N) is 1. The Hall–Kier alpha value is -2.99. The third kappa shape index (κ3) is 2.68. The van der Waals surface area contributed by atoms with E-state index in [0.717, 1.165) is 5.39 Å². The van der Waals surface area contributed by atoms with Crippen LogP contribution in [0.4, 0.5) is 5.69 Å². The predicted octanol–water partition coefficient (Wildman–Crippen LogP) is 3.89. The summed E-state index contributed by atoms with van der Waals surface area (Å²) in [7, 11) is 3.16. The number of nitrogens with zero attached hydrogens (tertiary/aromatic N) is 1. The largest absolute Gasteiger partial charge is 0.497 e. The molecule has 0 aliphatic carbocycles.